The van der Waals surface area contributed by atoms with Gasteiger partial charge in [-0.2, -0.15) is 0 Å². The molecule has 62 valence electrons. The number of rotatable bonds is 0. The average Bonchev–Trinajstić information content (AvgIpc) is 1.90. The molecule has 1 rings (SSSR count). The molecule has 0 unspecified atom stereocenters. The molecule has 0 radical (unpaired) electrons. The van der Waals surface area contributed by atoms with Crippen LogP contribution in [-0.2, 0) is 0 Å². The number of hydrogen-bond acceptors (Lipinski definition) is 2. The maximum atomic E-state index is 4.40. The molecule has 1 aliphatic rings. The summed E-state index contributed by atoms with van der Waals surface area (Å²) in [6.45, 7) is 9.28. The molecule has 0 saturated heterocycles. The van der Waals surface area contributed by atoms with Gasteiger partial charge in [0.05, 0.1) is 12.1 Å². The molecule has 2 nitrogen and oxygen atoms in total. The molecule has 0 atom stereocenters. The highest BCUT2D eigenvalue weighted by atomic mass is 15.0. The first-order valence-electron chi connectivity index (χ1n) is 3.97. The maximum Gasteiger partial charge on any atom is 0.0617 e. The predicted octanol–water partition coefficient (Wildman–Crippen LogP) is 1.73. The minimum Gasteiger partial charge on any atom is -0.382 e. The topological polar surface area (TPSA) is 24.4 Å². The number of allylic oxidation sites excluding steroid dienone is 2. The second kappa shape index (κ2) is 2.68. The molecule has 0 aromatic carbocycles. The second-order valence-electron chi connectivity index (χ2n) is 3.79. The molecule has 0 fully saturated rings. The van der Waals surface area contributed by atoms with Crippen molar-refractivity contribution in [3.8, 4) is 0 Å². The number of hydrogen-bond donors (Lipinski definition) is 1. The number of aliphatic imine (C=N–C) groups is 1. The first kappa shape index (κ1) is 8.31. The Labute approximate surface area is 68.4 Å². The number of nitrogens with one attached hydrogen (secondary N) is 1. The molecule has 1 aliphatic heterocycles. The van der Waals surface area contributed by atoms with E-state index in [1.165, 1.54) is 5.70 Å². The molecule has 1 heterocycles. The molecule has 0 spiro atoms. The lowest BCUT2D eigenvalue weighted by atomic mass is 10.1. The minimum atomic E-state index is 0.109. The summed E-state index contributed by atoms with van der Waals surface area (Å²) in [5, 5.41) is 3.40. The zero-order valence-electron chi connectivity index (χ0n) is 7.73. The molecule has 0 aromatic rings. The summed E-state index contributed by atoms with van der Waals surface area (Å²) in [5.41, 5.74) is 2.42. The van der Waals surface area contributed by atoms with Crippen molar-refractivity contribution in [2.45, 2.75) is 33.2 Å². The highest BCUT2D eigenvalue weighted by molar-refractivity contribution is 5.93. The fourth-order valence-electron chi connectivity index (χ4n) is 1.29. The molecule has 2 heteroatoms. The molecule has 0 aromatic heterocycles. The summed E-state index contributed by atoms with van der Waals surface area (Å²) in [4.78, 5) is 4.40. The van der Waals surface area contributed by atoms with E-state index >= 15 is 0 Å². The van der Waals surface area contributed by atoms with Crippen LogP contribution in [0.15, 0.2) is 16.8 Å². The van der Waals surface area contributed by atoms with Gasteiger partial charge in [0.15, 0.2) is 0 Å². The number of nitrogens with zero attached hydrogens (tertiary/aromatic N) is 1. The Morgan fingerprint density at radius 1 is 1.45 bits per heavy atom. The van der Waals surface area contributed by atoms with Crippen molar-refractivity contribution in [3.63, 3.8) is 0 Å². The van der Waals surface area contributed by atoms with E-state index in [-0.39, 0.29) is 5.54 Å². The van der Waals surface area contributed by atoms with E-state index < -0.39 is 0 Å². The van der Waals surface area contributed by atoms with Crippen LogP contribution in [0.2, 0.25) is 0 Å². The van der Waals surface area contributed by atoms with Crippen LogP contribution in [0.1, 0.15) is 27.7 Å². The van der Waals surface area contributed by atoms with E-state index in [1.807, 2.05) is 6.92 Å². The van der Waals surface area contributed by atoms with E-state index in [0.29, 0.717) is 0 Å². The summed E-state index contributed by atoms with van der Waals surface area (Å²) < 4.78 is 0. The lowest BCUT2D eigenvalue weighted by Gasteiger charge is -2.24. The smallest absolute Gasteiger partial charge is 0.0617 e. The fourth-order valence-corrected chi connectivity index (χ4v) is 1.29. The van der Waals surface area contributed by atoms with E-state index in [2.05, 4.69) is 37.2 Å². The Kier molecular flexibility index (Phi) is 2.03. The normalized spacial score (nSPS) is 22.9. The summed E-state index contributed by atoms with van der Waals surface area (Å²) in [6.07, 6.45) is 2.08. The second-order valence-corrected chi connectivity index (χ2v) is 3.79. The zero-order valence-corrected chi connectivity index (χ0v) is 7.73. The summed E-state index contributed by atoms with van der Waals surface area (Å²) in [5.74, 6) is 0. The van der Waals surface area contributed by atoms with Gasteiger partial charge in [0.25, 0.3) is 0 Å². The summed E-state index contributed by atoms with van der Waals surface area (Å²) in [6, 6.07) is 0. The van der Waals surface area contributed by atoms with Gasteiger partial charge in [0.1, 0.15) is 0 Å². The van der Waals surface area contributed by atoms with Crippen molar-refractivity contribution >= 4 is 5.71 Å². The summed E-state index contributed by atoms with van der Waals surface area (Å²) >= 11 is 0. The van der Waals surface area contributed by atoms with Crippen LogP contribution in [-0.4, -0.2) is 17.8 Å². The van der Waals surface area contributed by atoms with Gasteiger partial charge in [-0.15, -0.1) is 0 Å². The quantitative estimate of drug-likeness (QED) is 0.561. The van der Waals surface area contributed by atoms with Crippen LogP contribution in [0.5, 0.6) is 0 Å². The van der Waals surface area contributed by atoms with Gasteiger partial charge in [-0.25, -0.2) is 0 Å². The van der Waals surface area contributed by atoms with Gasteiger partial charge in [0.2, 0.25) is 0 Å². The van der Waals surface area contributed by atoms with Gasteiger partial charge in [0, 0.05) is 11.4 Å². The lowest BCUT2D eigenvalue weighted by Crippen LogP contribution is -2.40. The molecule has 0 bridgehead atoms. The van der Waals surface area contributed by atoms with Crippen LogP contribution in [0.4, 0.5) is 0 Å². The van der Waals surface area contributed by atoms with Crippen LogP contribution in [0.25, 0.3) is 0 Å². The Morgan fingerprint density at radius 3 is 2.73 bits per heavy atom. The lowest BCUT2D eigenvalue weighted by molar-refractivity contribution is 0.444. The molecule has 0 aliphatic carbocycles. The Morgan fingerprint density at radius 2 is 2.09 bits per heavy atom. The van der Waals surface area contributed by atoms with Crippen molar-refractivity contribution in [1.29, 1.82) is 0 Å². The third-order valence-corrected chi connectivity index (χ3v) is 1.68. The third-order valence-electron chi connectivity index (χ3n) is 1.68. The van der Waals surface area contributed by atoms with Crippen molar-refractivity contribution in [2.24, 2.45) is 4.99 Å². The Hall–Kier alpha value is -0.790. The molecule has 0 amide bonds. The standard InChI is InChI=1S/C9H16N2/c1-7-5-8(2)11-9(3,4)6-10-7/h5,11H,6H2,1-4H3. The molecule has 1 N–H and O–H groups in total. The van der Waals surface area contributed by atoms with Crippen LogP contribution >= 0.6 is 0 Å². The predicted molar refractivity (Wildman–Crippen MR) is 48.9 cm³/mol. The van der Waals surface area contributed by atoms with Gasteiger partial charge < -0.3 is 5.32 Å². The van der Waals surface area contributed by atoms with Gasteiger partial charge >= 0.3 is 0 Å². The molecule has 11 heavy (non-hydrogen) atoms. The SMILES string of the molecule is CC1=CC(C)=NCC(C)(C)N1. The zero-order chi connectivity index (χ0) is 8.48. The fraction of sp³-hybridized carbons (Fsp3) is 0.667. The minimum absolute atomic E-state index is 0.109. The van der Waals surface area contributed by atoms with E-state index in [4.69, 9.17) is 0 Å². The Balaban J connectivity index is 2.83. The van der Waals surface area contributed by atoms with E-state index in [1.54, 1.807) is 0 Å². The molecule has 0 saturated carbocycles. The van der Waals surface area contributed by atoms with Gasteiger partial charge in [-0.1, -0.05) is 0 Å². The monoisotopic (exact) mass is 152 g/mol. The van der Waals surface area contributed by atoms with Crippen LogP contribution in [0, 0.1) is 0 Å². The largest absolute Gasteiger partial charge is 0.382 e. The highest BCUT2D eigenvalue weighted by Gasteiger charge is 2.18. The first-order valence-corrected chi connectivity index (χ1v) is 3.97. The highest BCUT2D eigenvalue weighted by Crippen LogP contribution is 2.09. The van der Waals surface area contributed by atoms with Crippen LogP contribution < -0.4 is 5.32 Å². The Bertz CT molecular complexity index is 212. The third kappa shape index (κ3) is 2.37. The van der Waals surface area contributed by atoms with E-state index in [0.717, 1.165) is 12.3 Å². The average molecular weight is 152 g/mol. The van der Waals surface area contributed by atoms with Crippen molar-refractivity contribution in [2.75, 3.05) is 6.54 Å². The van der Waals surface area contributed by atoms with E-state index in [9.17, 15) is 0 Å². The van der Waals surface area contributed by atoms with Crippen LogP contribution in [0.3, 0.4) is 0 Å². The molecular formula is C9H16N2. The molecular weight excluding hydrogens is 136 g/mol. The first-order chi connectivity index (χ1) is 4.99. The maximum absolute atomic E-state index is 4.40. The van der Waals surface area contributed by atoms with Gasteiger partial charge in [-0.05, 0) is 33.8 Å². The van der Waals surface area contributed by atoms with Gasteiger partial charge in [-0.3, -0.25) is 4.99 Å². The van der Waals surface area contributed by atoms with Crippen molar-refractivity contribution in [1.82, 2.24) is 5.32 Å². The van der Waals surface area contributed by atoms with Crippen molar-refractivity contribution in [3.05, 3.63) is 11.8 Å². The summed E-state index contributed by atoms with van der Waals surface area (Å²) in [7, 11) is 0. The van der Waals surface area contributed by atoms with Crippen molar-refractivity contribution < 1.29 is 0 Å².